The zero-order valence-electron chi connectivity index (χ0n) is 12.5. The summed E-state index contributed by atoms with van der Waals surface area (Å²) in [6, 6.07) is 10.0. The lowest BCUT2D eigenvalue weighted by atomic mass is 10.1. The van der Waals surface area contributed by atoms with E-state index in [1.165, 1.54) is 0 Å². The second-order valence-corrected chi connectivity index (χ2v) is 5.48. The topological polar surface area (TPSA) is 27.7 Å². The van der Waals surface area contributed by atoms with Crippen molar-refractivity contribution >= 4 is 26.7 Å². The normalized spacial score (nSPS) is 10.6. The minimum absolute atomic E-state index is 0.671. The van der Waals surface area contributed by atoms with Crippen molar-refractivity contribution in [2.45, 2.75) is 19.8 Å². The fraction of sp³-hybridized carbons (Fsp3) is 0.412. The van der Waals surface area contributed by atoms with Gasteiger partial charge >= 0.3 is 0 Å². The molecule has 3 nitrogen and oxygen atoms in total. The number of rotatable bonds is 8. The van der Waals surface area contributed by atoms with Gasteiger partial charge in [-0.15, -0.1) is 0 Å². The Labute approximate surface area is 134 Å². The minimum atomic E-state index is 0.671. The summed E-state index contributed by atoms with van der Waals surface area (Å²) in [4.78, 5) is 0. The van der Waals surface area contributed by atoms with E-state index in [1.54, 1.807) is 7.11 Å². The van der Waals surface area contributed by atoms with Crippen LogP contribution in [0.25, 0.3) is 10.8 Å². The SMILES string of the molecule is CCCOc1c(OC)cc(OCCCBr)c2ccccc12. The molecule has 21 heavy (non-hydrogen) atoms. The van der Waals surface area contributed by atoms with Crippen LogP contribution in [0.5, 0.6) is 17.2 Å². The fourth-order valence-corrected chi connectivity index (χ4v) is 2.38. The van der Waals surface area contributed by atoms with Gasteiger partial charge in [-0.3, -0.25) is 0 Å². The molecule has 0 spiro atoms. The Morgan fingerprint density at radius 2 is 1.76 bits per heavy atom. The molecule has 0 N–H and O–H groups in total. The molecule has 0 saturated carbocycles. The summed E-state index contributed by atoms with van der Waals surface area (Å²) in [5.41, 5.74) is 0. The molecule has 0 saturated heterocycles. The summed E-state index contributed by atoms with van der Waals surface area (Å²) in [5.74, 6) is 2.35. The summed E-state index contributed by atoms with van der Waals surface area (Å²) >= 11 is 3.42. The molecule has 0 heterocycles. The van der Waals surface area contributed by atoms with E-state index < -0.39 is 0 Å². The zero-order chi connectivity index (χ0) is 15.1. The summed E-state index contributed by atoms with van der Waals surface area (Å²) < 4.78 is 17.3. The molecule has 0 amide bonds. The van der Waals surface area contributed by atoms with Crippen LogP contribution in [-0.4, -0.2) is 25.7 Å². The van der Waals surface area contributed by atoms with Crippen LogP contribution in [0.15, 0.2) is 30.3 Å². The first kappa shape index (κ1) is 16.0. The molecule has 0 fully saturated rings. The van der Waals surface area contributed by atoms with Gasteiger partial charge in [-0.1, -0.05) is 47.1 Å². The van der Waals surface area contributed by atoms with E-state index in [4.69, 9.17) is 14.2 Å². The quantitative estimate of drug-likeness (QED) is 0.504. The number of halogens is 1. The van der Waals surface area contributed by atoms with Gasteiger partial charge in [0.15, 0.2) is 11.5 Å². The molecule has 0 atom stereocenters. The van der Waals surface area contributed by atoms with Crippen LogP contribution < -0.4 is 14.2 Å². The molecular formula is C17H21BrO3. The molecule has 2 aromatic carbocycles. The number of hydrogen-bond acceptors (Lipinski definition) is 3. The Balaban J connectivity index is 2.45. The van der Waals surface area contributed by atoms with Crippen molar-refractivity contribution in [1.29, 1.82) is 0 Å². The minimum Gasteiger partial charge on any atom is -0.493 e. The molecule has 0 bridgehead atoms. The maximum absolute atomic E-state index is 5.90. The molecule has 4 heteroatoms. The lowest BCUT2D eigenvalue weighted by molar-refractivity contribution is 0.293. The van der Waals surface area contributed by atoms with Crippen LogP contribution in [0.4, 0.5) is 0 Å². The third kappa shape index (κ3) is 3.82. The number of benzene rings is 2. The third-order valence-corrected chi connectivity index (χ3v) is 3.69. The number of alkyl halides is 1. The number of hydrogen-bond donors (Lipinski definition) is 0. The van der Waals surface area contributed by atoms with Crippen LogP contribution >= 0.6 is 15.9 Å². The summed E-state index contributed by atoms with van der Waals surface area (Å²) in [6.45, 7) is 3.43. The molecule has 0 aliphatic rings. The average molecular weight is 353 g/mol. The Hall–Kier alpha value is -1.42. The molecule has 2 rings (SSSR count). The van der Waals surface area contributed by atoms with Crippen molar-refractivity contribution in [1.82, 2.24) is 0 Å². The highest BCUT2D eigenvalue weighted by Crippen LogP contribution is 2.41. The van der Waals surface area contributed by atoms with Gasteiger partial charge in [0.25, 0.3) is 0 Å². The van der Waals surface area contributed by atoms with E-state index in [-0.39, 0.29) is 0 Å². The molecule has 0 radical (unpaired) electrons. The number of fused-ring (bicyclic) bond motifs is 1. The van der Waals surface area contributed by atoms with Crippen molar-refractivity contribution in [3.05, 3.63) is 30.3 Å². The first-order chi connectivity index (χ1) is 10.3. The highest BCUT2D eigenvalue weighted by molar-refractivity contribution is 9.09. The van der Waals surface area contributed by atoms with Crippen molar-refractivity contribution in [3.63, 3.8) is 0 Å². The number of methoxy groups -OCH3 is 1. The zero-order valence-corrected chi connectivity index (χ0v) is 14.1. The fourth-order valence-electron chi connectivity index (χ4n) is 2.15. The maximum Gasteiger partial charge on any atom is 0.169 e. The van der Waals surface area contributed by atoms with Crippen molar-refractivity contribution in [2.75, 3.05) is 25.7 Å². The van der Waals surface area contributed by atoms with Gasteiger partial charge in [0, 0.05) is 22.2 Å². The second kappa shape index (κ2) is 8.13. The van der Waals surface area contributed by atoms with E-state index >= 15 is 0 Å². The van der Waals surface area contributed by atoms with E-state index in [0.29, 0.717) is 13.2 Å². The van der Waals surface area contributed by atoms with E-state index in [1.807, 2.05) is 24.3 Å². The monoisotopic (exact) mass is 352 g/mol. The standard InChI is InChI=1S/C17H21BrO3/c1-3-10-21-17-14-8-5-4-7-13(14)15(12-16(17)19-2)20-11-6-9-18/h4-5,7-8,12H,3,6,9-11H2,1-2H3. The maximum atomic E-state index is 5.90. The molecule has 2 aromatic rings. The van der Waals surface area contributed by atoms with Crippen LogP contribution in [0.1, 0.15) is 19.8 Å². The first-order valence-corrected chi connectivity index (χ1v) is 8.35. The average Bonchev–Trinajstić information content (AvgIpc) is 2.53. The molecular weight excluding hydrogens is 332 g/mol. The molecule has 0 unspecified atom stereocenters. The Morgan fingerprint density at radius 1 is 1.00 bits per heavy atom. The largest absolute Gasteiger partial charge is 0.493 e. The predicted molar refractivity (Wildman–Crippen MR) is 90.2 cm³/mol. The Morgan fingerprint density at radius 3 is 2.43 bits per heavy atom. The van der Waals surface area contributed by atoms with E-state index in [2.05, 4.69) is 28.9 Å². The van der Waals surface area contributed by atoms with Gasteiger partial charge in [0.1, 0.15) is 5.75 Å². The van der Waals surface area contributed by atoms with Gasteiger partial charge in [0.05, 0.1) is 20.3 Å². The summed E-state index contributed by atoms with van der Waals surface area (Å²) in [6.07, 6.45) is 1.92. The van der Waals surface area contributed by atoms with Crippen molar-refractivity contribution < 1.29 is 14.2 Å². The van der Waals surface area contributed by atoms with Crippen molar-refractivity contribution in [3.8, 4) is 17.2 Å². The molecule has 0 aliphatic carbocycles. The van der Waals surface area contributed by atoms with Crippen LogP contribution in [0.3, 0.4) is 0 Å². The Kier molecular flexibility index (Phi) is 6.18. The lowest BCUT2D eigenvalue weighted by Gasteiger charge is -2.16. The van der Waals surface area contributed by atoms with Crippen LogP contribution in [0.2, 0.25) is 0 Å². The predicted octanol–water partition coefficient (Wildman–Crippen LogP) is 4.80. The van der Waals surface area contributed by atoms with Gasteiger partial charge in [-0.25, -0.2) is 0 Å². The highest BCUT2D eigenvalue weighted by Gasteiger charge is 2.14. The summed E-state index contributed by atoms with van der Waals surface area (Å²) in [5, 5.41) is 3.01. The number of ether oxygens (including phenoxy) is 3. The Bertz CT molecular complexity index is 584. The van der Waals surface area contributed by atoms with Crippen molar-refractivity contribution in [2.24, 2.45) is 0 Å². The van der Waals surface area contributed by atoms with Gasteiger partial charge in [-0.2, -0.15) is 0 Å². The lowest BCUT2D eigenvalue weighted by Crippen LogP contribution is -2.02. The van der Waals surface area contributed by atoms with Gasteiger partial charge < -0.3 is 14.2 Å². The summed E-state index contributed by atoms with van der Waals surface area (Å²) in [7, 11) is 1.66. The molecule has 0 aromatic heterocycles. The van der Waals surface area contributed by atoms with E-state index in [9.17, 15) is 0 Å². The van der Waals surface area contributed by atoms with Gasteiger partial charge in [0.2, 0.25) is 0 Å². The van der Waals surface area contributed by atoms with Crippen LogP contribution in [-0.2, 0) is 0 Å². The molecule has 0 aliphatic heterocycles. The highest BCUT2D eigenvalue weighted by atomic mass is 79.9. The third-order valence-electron chi connectivity index (χ3n) is 3.13. The smallest absolute Gasteiger partial charge is 0.169 e. The van der Waals surface area contributed by atoms with E-state index in [0.717, 1.165) is 46.2 Å². The van der Waals surface area contributed by atoms with Crippen LogP contribution in [0, 0.1) is 0 Å². The first-order valence-electron chi connectivity index (χ1n) is 7.23. The van der Waals surface area contributed by atoms with Gasteiger partial charge in [-0.05, 0) is 12.8 Å². The molecule has 114 valence electrons. The second-order valence-electron chi connectivity index (χ2n) is 4.69.